The van der Waals surface area contributed by atoms with Crippen molar-refractivity contribution in [2.45, 2.75) is 26.3 Å². The lowest BCUT2D eigenvalue weighted by Gasteiger charge is -2.36. The normalized spacial score (nSPS) is 19.1. The largest absolute Gasteiger partial charge is 0.466 e. The minimum absolute atomic E-state index is 0.0191. The summed E-state index contributed by atoms with van der Waals surface area (Å²) in [6.07, 6.45) is 0.0191. The van der Waals surface area contributed by atoms with Crippen molar-refractivity contribution in [1.29, 1.82) is 0 Å². The van der Waals surface area contributed by atoms with Gasteiger partial charge in [-0.15, -0.1) is 0 Å². The second-order valence-electron chi connectivity index (χ2n) is 3.84. The molecule has 1 fully saturated rings. The lowest BCUT2D eigenvalue weighted by Crippen LogP contribution is -2.59. The van der Waals surface area contributed by atoms with Gasteiger partial charge in [-0.2, -0.15) is 0 Å². The van der Waals surface area contributed by atoms with Crippen molar-refractivity contribution in [2.75, 3.05) is 26.2 Å². The molecule has 1 amide bonds. The summed E-state index contributed by atoms with van der Waals surface area (Å²) in [6, 6.07) is -0.579. The molecule has 0 saturated carbocycles. The zero-order valence-corrected chi connectivity index (χ0v) is 11.5. The molecule has 1 unspecified atom stereocenters. The molecular formula is C11H19N3O3S. The molecule has 102 valence electrons. The van der Waals surface area contributed by atoms with Crippen LogP contribution in [0, 0.1) is 0 Å². The fraction of sp³-hybridized carbons (Fsp3) is 0.727. The highest BCUT2D eigenvalue weighted by Gasteiger charge is 2.33. The van der Waals surface area contributed by atoms with E-state index in [9.17, 15) is 9.59 Å². The summed E-state index contributed by atoms with van der Waals surface area (Å²) in [5.41, 5.74) is 0. The van der Waals surface area contributed by atoms with E-state index in [-0.39, 0.29) is 18.3 Å². The number of rotatable bonds is 4. The first-order valence-corrected chi connectivity index (χ1v) is 6.48. The second-order valence-corrected chi connectivity index (χ2v) is 4.23. The molecule has 0 spiro atoms. The van der Waals surface area contributed by atoms with Gasteiger partial charge >= 0.3 is 5.97 Å². The fourth-order valence-corrected chi connectivity index (χ4v) is 2.15. The van der Waals surface area contributed by atoms with Crippen molar-refractivity contribution in [3.05, 3.63) is 0 Å². The summed E-state index contributed by atoms with van der Waals surface area (Å²) < 4.78 is 4.87. The van der Waals surface area contributed by atoms with E-state index in [2.05, 4.69) is 10.6 Å². The van der Waals surface area contributed by atoms with E-state index in [1.807, 2.05) is 6.92 Å². The molecule has 18 heavy (non-hydrogen) atoms. The van der Waals surface area contributed by atoms with Crippen molar-refractivity contribution < 1.29 is 14.3 Å². The van der Waals surface area contributed by atoms with Crippen LogP contribution in [0.15, 0.2) is 0 Å². The summed E-state index contributed by atoms with van der Waals surface area (Å²) in [4.78, 5) is 25.0. The van der Waals surface area contributed by atoms with E-state index in [0.717, 1.165) is 0 Å². The van der Waals surface area contributed by atoms with Crippen LogP contribution >= 0.6 is 12.2 Å². The monoisotopic (exact) mass is 273 g/mol. The first-order valence-electron chi connectivity index (χ1n) is 6.08. The third-order valence-electron chi connectivity index (χ3n) is 2.59. The van der Waals surface area contributed by atoms with Crippen LogP contribution in [-0.2, 0) is 14.3 Å². The van der Waals surface area contributed by atoms with Crippen LogP contribution in [0.1, 0.15) is 20.3 Å². The zero-order chi connectivity index (χ0) is 13.5. The van der Waals surface area contributed by atoms with Gasteiger partial charge in [0.05, 0.1) is 13.0 Å². The van der Waals surface area contributed by atoms with Crippen LogP contribution in [0.3, 0.4) is 0 Å². The molecular weight excluding hydrogens is 254 g/mol. The average molecular weight is 273 g/mol. The van der Waals surface area contributed by atoms with E-state index in [4.69, 9.17) is 17.0 Å². The number of esters is 1. The molecule has 1 heterocycles. The zero-order valence-electron chi connectivity index (χ0n) is 10.7. The van der Waals surface area contributed by atoms with Gasteiger partial charge in [-0.05, 0) is 26.1 Å². The Morgan fingerprint density at radius 3 is 2.94 bits per heavy atom. The molecule has 1 rings (SSSR count). The topological polar surface area (TPSA) is 70.7 Å². The van der Waals surface area contributed by atoms with Gasteiger partial charge in [-0.1, -0.05) is 0 Å². The Morgan fingerprint density at radius 1 is 1.61 bits per heavy atom. The highest BCUT2D eigenvalue weighted by Crippen LogP contribution is 2.10. The van der Waals surface area contributed by atoms with Gasteiger partial charge in [-0.25, -0.2) is 0 Å². The maximum Gasteiger partial charge on any atom is 0.308 e. The highest BCUT2D eigenvalue weighted by atomic mass is 32.1. The van der Waals surface area contributed by atoms with E-state index in [1.54, 1.807) is 11.8 Å². The number of piperazine rings is 1. The van der Waals surface area contributed by atoms with Crippen molar-refractivity contribution >= 4 is 29.2 Å². The van der Waals surface area contributed by atoms with Gasteiger partial charge in [0.2, 0.25) is 5.91 Å². The van der Waals surface area contributed by atoms with Crippen molar-refractivity contribution in [1.82, 2.24) is 15.5 Å². The van der Waals surface area contributed by atoms with Crippen LogP contribution in [0.5, 0.6) is 0 Å². The number of nitrogens with one attached hydrogen (secondary N) is 2. The predicted molar refractivity (Wildman–Crippen MR) is 71.0 cm³/mol. The van der Waals surface area contributed by atoms with Gasteiger partial charge in [-0.3, -0.25) is 9.59 Å². The lowest BCUT2D eigenvalue weighted by atomic mass is 10.1. The van der Waals surface area contributed by atoms with E-state index in [1.165, 1.54) is 0 Å². The van der Waals surface area contributed by atoms with Gasteiger partial charge in [0.15, 0.2) is 5.11 Å². The summed E-state index contributed by atoms with van der Waals surface area (Å²) in [5, 5.41) is 6.23. The Balaban J connectivity index is 2.69. The smallest absolute Gasteiger partial charge is 0.308 e. The Bertz CT molecular complexity index is 335. The lowest BCUT2D eigenvalue weighted by molar-refractivity contribution is -0.147. The molecule has 2 N–H and O–H groups in total. The number of ether oxygens (including phenoxy) is 1. The molecule has 1 saturated heterocycles. The molecule has 1 aliphatic heterocycles. The Hall–Kier alpha value is -1.37. The minimum Gasteiger partial charge on any atom is -0.466 e. The van der Waals surface area contributed by atoms with Crippen LogP contribution < -0.4 is 10.6 Å². The Kier molecular flexibility index (Phi) is 5.84. The Labute approximate surface area is 112 Å². The molecule has 0 bridgehead atoms. The number of thiocarbonyl (C=S) groups is 1. The average Bonchev–Trinajstić information content (AvgIpc) is 2.32. The van der Waals surface area contributed by atoms with Crippen LogP contribution in [0.2, 0.25) is 0 Å². The van der Waals surface area contributed by atoms with Gasteiger partial charge < -0.3 is 20.3 Å². The molecule has 0 aromatic rings. The molecule has 1 aliphatic rings. The number of carbonyl (C=O) groups excluding carboxylic acids is 2. The molecule has 0 aromatic heterocycles. The molecule has 0 aromatic carbocycles. The molecule has 0 radical (unpaired) electrons. The number of hydrogen-bond acceptors (Lipinski definition) is 4. The third kappa shape index (κ3) is 3.83. The first kappa shape index (κ1) is 14.7. The quantitative estimate of drug-likeness (QED) is 0.538. The van der Waals surface area contributed by atoms with Gasteiger partial charge in [0.1, 0.15) is 6.04 Å². The van der Waals surface area contributed by atoms with Gasteiger partial charge in [0.25, 0.3) is 0 Å². The second kappa shape index (κ2) is 7.15. The fourth-order valence-electron chi connectivity index (χ4n) is 1.79. The summed E-state index contributed by atoms with van der Waals surface area (Å²) >= 11 is 5.20. The third-order valence-corrected chi connectivity index (χ3v) is 2.96. The maximum atomic E-state index is 11.8. The standard InChI is InChI=1S/C11H19N3O3S/c1-3-12-11(18)14-6-5-13-10(16)8(14)7-9(15)17-4-2/h8H,3-7H2,1-2H3,(H,12,18)(H,13,16). The minimum atomic E-state index is -0.579. The first-order chi connectivity index (χ1) is 8.60. The number of hydrogen-bond donors (Lipinski definition) is 2. The van der Waals surface area contributed by atoms with Crippen LogP contribution in [0.25, 0.3) is 0 Å². The molecule has 1 atom stereocenters. The summed E-state index contributed by atoms with van der Waals surface area (Å²) in [5.74, 6) is -0.571. The van der Waals surface area contributed by atoms with Crippen molar-refractivity contribution in [3.63, 3.8) is 0 Å². The highest BCUT2D eigenvalue weighted by molar-refractivity contribution is 7.80. The number of carbonyl (C=O) groups is 2. The van der Waals surface area contributed by atoms with E-state index in [0.29, 0.717) is 31.4 Å². The molecule has 7 heteroatoms. The maximum absolute atomic E-state index is 11.8. The summed E-state index contributed by atoms with van der Waals surface area (Å²) in [6.45, 7) is 5.79. The molecule has 0 aliphatic carbocycles. The number of nitrogens with zero attached hydrogens (tertiary/aromatic N) is 1. The Morgan fingerprint density at radius 2 is 2.33 bits per heavy atom. The SMILES string of the molecule is CCNC(=S)N1CCNC(=O)C1CC(=O)OCC. The predicted octanol–water partition coefficient (Wildman–Crippen LogP) is -0.366. The van der Waals surface area contributed by atoms with Gasteiger partial charge in [0, 0.05) is 19.6 Å². The van der Waals surface area contributed by atoms with Crippen molar-refractivity contribution in [3.8, 4) is 0 Å². The molecule has 6 nitrogen and oxygen atoms in total. The van der Waals surface area contributed by atoms with E-state index < -0.39 is 6.04 Å². The van der Waals surface area contributed by atoms with Crippen LogP contribution in [0.4, 0.5) is 0 Å². The van der Waals surface area contributed by atoms with Crippen LogP contribution in [-0.4, -0.2) is 54.2 Å². The summed E-state index contributed by atoms with van der Waals surface area (Å²) in [7, 11) is 0. The van der Waals surface area contributed by atoms with E-state index >= 15 is 0 Å². The van der Waals surface area contributed by atoms with Crippen molar-refractivity contribution in [2.24, 2.45) is 0 Å². The number of amides is 1.